The SMILES string of the molecule is Cc1ncccc1C#Cc1cc(Cl)ccc1OCC(=O)OC(C)(C)C. The van der Waals surface area contributed by atoms with Crippen molar-refractivity contribution in [2.45, 2.75) is 33.3 Å². The first-order valence-electron chi connectivity index (χ1n) is 7.82. The maximum atomic E-state index is 11.8. The van der Waals surface area contributed by atoms with Crippen molar-refractivity contribution in [2.24, 2.45) is 0 Å². The standard InChI is InChI=1S/C20H20ClNO3/c1-14-15(6-5-11-22-14)7-8-16-12-17(21)9-10-18(16)24-13-19(23)25-20(2,3)4/h5-6,9-12H,13H2,1-4H3. The zero-order valence-electron chi connectivity index (χ0n) is 14.7. The first-order chi connectivity index (χ1) is 11.7. The molecule has 2 aromatic rings. The molecule has 0 N–H and O–H groups in total. The first kappa shape index (κ1) is 18.8. The molecule has 0 bridgehead atoms. The molecule has 5 heteroatoms. The van der Waals surface area contributed by atoms with Crippen molar-refractivity contribution in [3.63, 3.8) is 0 Å². The number of hydrogen-bond donors (Lipinski definition) is 0. The molecule has 130 valence electrons. The molecule has 0 fully saturated rings. The fourth-order valence-corrected chi connectivity index (χ4v) is 2.16. The first-order valence-corrected chi connectivity index (χ1v) is 8.20. The normalized spacial score (nSPS) is 10.6. The maximum Gasteiger partial charge on any atom is 0.344 e. The molecule has 2 rings (SSSR count). The molecule has 0 amide bonds. The van der Waals surface area contributed by atoms with Gasteiger partial charge in [0.15, 0.2) is 6.61 Å². The molecule has 25 heavy (non-hydrogen) atoms. The number of aromatic nitrogens is 1. The molecule has 0 aliphatic rings. The summed E-state index contributed by atoms with van der Waals surface area (Å²) in [5.41, 5.74) is 1.70. The Morgan fingerprint density at radius 3 is 2.60 bits per heavy atom. The van der Waals surface area contributed by atoms with E-state index in [4.69, 9.17) is 21.1 Å². The topological polar surface area (TPSA) is 48.4 Å². The van der Waals surface area contributed by atoms with Crippen LogP contribution >= 0.6 is 11.6 Å². The zero-order chi connectivity index (χ0) is 18.4. The number of nitrogens with zero attached hydrogens (tertiary/aromatic N) is 1. The van der Waals surface area contributed by atoms with Gasteiger partial charge in [0.25, 0.3) is 0 Å². The second kappa shape index (κ2) is 8.04. The summed E-state index contributed by atoms with van der Waals surface area (Å²) in [6.07, 6.45) is 1.72. The molecule has 1 aromatic heterocycles. The fraction of sp³-hybridized carbons (Fsp3) is 0.300. The third-order valence-electron chi connectivity index (χ3n) is 3.05. The van der Waals surface area contributed by atoms with E-state index in [1.54, 1.807) is 45.2 Å². The van der Waals surface area contributed by atoms with Crippen LogP contribution in [0.25, 0.3) is 0 Å². The van der Waals surface area contributed by atoms with Gasteiger partial charge >= 0.3 is 5.97 Å². The summed E-state index contributed by atoms with van der Waals surface area (Å²) in [5, 5.41) is 0.539. The number of carbonyl (C=O) groups is 1. The Hall–Kier alpha value is -2.51. The molecule has 0 saturated carbocycles. The second-order valence-electron chi connectivity index (χ2n) is 6.40. The van der Waals surface area contributed by atoms with Crippen molar-refractivity contribution in [3.05, 3.63) is 58.4 Å². The van der Waals surface area contributed by atoms with Crippen LogP contribution in [0.3, 0.4) is 0 Å². The van der Waals surface area contributed by atoms with Crippen LogP contribution in [0.15, 0.2) is 36.5 Å². The number of esters is 1. The summed E-state index contributed by atoms with van der Waals surface area (Å²) >= 11 is 6.05. The van der Waals surface area contributed by atoms with Crippen molar-refractivity contribution in [3.8, 4) is 17.6 Å². The van der Waals surface area contributed by atoms with Gasteiger partial charge in [0, 0.05) is 16.8 Å². The molecular formula is C20H20ClNO3. The van der Waals surface area contributed by atoms with Gasteiger partial charge < -0.3 is 9.47 Å². The number of carbonyl (C=O) groups excluding carboxylic acids is 1. The molecule has 1 heterocycles. The minimum Gasteiger partial charge on any atom is -0.481 e. The maximum absolute atomic E-state index is 11.8. The summed E-state index contributed by atoms with van der Waals surface area (Å²) < 4.78 is 10.8. The Morgan fingerprint density at radius 2 is 1.92 bits per heavy atom. The van der Waals surface area contributed by atoms with Crippen LogP contribution in [0.2, 0.25) is 5.02 Å². The van der Waals surface area contributed by atoms with E-state index in [1.807, 2.05) is 19.1 Å². The van der Waals surface area contributed by atoms with E-state index >= 15 is 0 Å². The van der Waals surface area contributed by atoms with E-state index in [1.165, 1.54) is 0 Å². The Bertz CT molecular complexity index is 829. The van der Waals surface area contributed by atoms with Crippen molar-refractivity contribution in [2.75, 3.05) is 6.61 Å². The average Bonchev–Trinajstić information content (AvgIpc) is 2.51. The van der Waals surface area contributed by atoms with Crippen LogP contribution in [-0.2, 0) is 9.53 Å². The highest BCUT2D eigenvalue weighted by molar-refractivity contribution is 6.30. The third-order valence-corrected chi connectivity index (χ3v) is 3.28. The van der Waals surface area contributed by atoms with E-state index in [0.717, 1.165) is 11.3 Å². The van der Waals surface area contributed by atoms with Crippen LogP contribution in [0, 0.1) is 18.8 Å². The van der Waals surface area contributed by atoms with Crippen molar-refractivity contribution < 1.29 is 14.3 Å². The van der Waals surface area contributed by atoms with E-state index < -0.39 is 11.6 Å². The highest BCUT2D eigenvalue weighted by Gasteiger charge is 2.17. The van der Waals surface area contributed by atoms with Crippen molar-refractivity contribution in [1.82, 2.24) is 4.98 Å². The van der Waals surface area contributed by atoms with Gasteiger partial charge in [-0.15, -0.1) is 0 Å². The van der Waals surface area contributed by atoms with Crippen molar-refractivity contribution >= 4 is 17.6 Å². The molecule has 0 aliphatic heterocycles. The largest absolute Gasteiger partial charge is 0.481 e. The third kappa shape index (κ3) is 6.13. The molecule has 4 nitrogen and oxygen atoms in total. The molecule has 0 aliphatic carbocycles. The monoisotopic (exact) mass is 357 g/mol. The number of pyridine rings is 1. The quantitative estimate of drug-likeness (QED) is 0.611. The van der Waals surface area contributed by atoms with E-state index in [0.29, 0.717) is 16.3 Å². The molecule has 0 saturated heterocycles. The predicted octanol–water partition coefficient (Wildman–Crippen LogP) is 4.16. The predicted molar refractivity (Wildman–Crippen MR) is 97.7 cm³/mol. The summed E-state index contributed by atoms with van der Waals surface area (Å²) in [4.78, 5) is 16.0. The number of hydrogen-bond acceptors (Lipinski definition) is 4. The van der Waals surface area contributed by atoms with Gasteiger partial charge in [-0.3, -0.25) is 4.98 Å². The van der Waals surface area contributed by atoms with E-state index in [2.05, 4.69) is 16.8 Å². The molecule has 0 unspecified atom stereocenters. The van der Waals surface area contributed by atoms with Crippen LogP contribution in [0.4, 0.5) is 0 Å². The van der Waals surface area contributed by atoms with Crippen molar-refractivity contribution in [1.29, 1.82) is 0 Å². The smallest absolute Gasteiger partial charge is 0.344 e. The highest BCUT2D eigenvalue weighted by Crippen LogP contribution is 2.22. The fourth-order valence-electron chi connectivity index (χ4n) is 1.98. The Kier molecular flexibility index (Phi) is 6.06. The summed E-state index contributed by atoms with van der Waals surface area (Å²) in [6, 6.07) is 8.79. The van der Waals surface area contributed by atoms with Gasteiger partial charge in [-0.2, -0.15) is 0 Å². The number of aryl methyl sites for hydroxylation is 1. The Labute approximate surface area is 153 Å². The van der Waals surface area contributed by atoms with Gasteiger partial charge in [-0.25, -0.2) is 4.79 Å². The average molecular weight is 358 g/mol. The van der Waals surface area contributed by atoms with Gasteiger partial charge in [0.1, 0.15) is 11.4 Å². The second-order valence-corrected chi connectivity index (χ2v) is 6.84. The number of rotatable bonds is 3. The van der Waals surface area contributed by atoms with Crippen LogP contribution < -0.4 is 4.74 Å². The molecule has 1 aromatic carbocycles. The van der Waals surface area contributed by atoms with Gasteiger partial charge in [-0.05, 0) is 58.0 Å². The highest BCUT2D eigenvalue weighted by atomic mass is 35.5. The Morgan fingerprint density at radius 1 is 1.20 bits per heavy atom. The lowest BCUT2D eigenvalue weighted by Gasteiger charge is -2.19. The lowest BCUT2D eigenvalue weighted by molar-refractivity contribution is -0.157. The summed E-state index contributed by atoms with van der Waals surface area (Å²) in [7, 11) is 0. The number of benzene rings is 1. The van der Waals surface area contributed by atoms with Gasteiger partial charge in [-0.1, -0.05) is 23.4 Å². The van der Waals surface area contributed by atoms with E-state index in [9.17, 15) is 4.79 Å². The minimum absolute atomic E-state index is 0.195. The minimum atomic E-state index is -0.555. The summed E-state index contributed by atoms with van der Waals surface area (Å²) in [5.74, 6) is 6.12. The van der Waals surface area contributed by atoms with Gasteiger partial charge in [0.2, 0.25) is 0 Å². The molecule has 0 radical (unpaired) electrons. The molecule has 0 atom stereocenters. The number of ether oxygens (including phenoxy) is 2. The lowest BCUT2D eigenvalue weighted by Crippen LogP contribution is -2.27. The molecular weight excluding hydrogens is 338 g/mol. The Balaban J connectivity index is 2.18. The van der Waals surface area contributed by atoms with Crippen LogP contribution in [-0.4, -0.2) is 23.2 Å². The van der Waals surface area contributed by atoms with Crippen LogP contribution in [0.5, 0.6) is 5.75 Å². The zero-order valence-corrected chi connectivity index (χ0v) is 15.5. The lowest BCUT2D eigenvalue weighted by atomic mass is 10.1. The molecule has 0 spiro atoms. The summed E-state index contributed by atoms with van der Waals surface area (Å²) in [6.45, 7) is 7.11. The van der Waals surface area contributed by atoms with E-state index in [-0.39, 0.29) is 6.61 Å². The van der Waals surface area contributed by atoms with Gasteiger partial charge in [0.05, 0.1) is 11.3 Å². The van der Waals surface area contributed by atoms with Crippen LogP contribution in [0.1, 0.15) is 37.6 Å². The number of halogens is 1.